The maximum Gasteiger partial charge on any atom is 0.279 e. The van der Waals surface area contributed by atoms with E-state index in [0.29, 0.717) is 13.1 Å². The van der Waals surface area contributed by atoms with E-state index in [1.165, 1.54) is 11.4 Å². The molecule has 1 heterocycles. The monoisotopic (exact) mass is 178 g/mol. The van der Waals surface area contributed by atoms with Crippen LogP contribution in [0.2, 0.25) is 0 Å². The van der Waals surface area contributed by atoms with E-state index in [0.717, 1.165) is 19.3 Å². The predicted molar refractivity (Wildman–Crippen MR) is 43.4 cm³/mol. The molecule has 4 nitrogen and oxygen atoms in total. The lowest BCUT2D eigenvalue weighted by Gasteiger charge is -2.24. The minimum atomic E-state index is -3.14. The maximum atomic E-state index is 11.2. The Balaban J connectivity index is 2.58. The number of piperidine rings is 1. The van der Waals surface area contributed by atoms with E-state index in [1.807, 2.05) is 0 Å². The van der Waals surface area contributed by atoms with Gasteiger partial charge in [-0.1, -0.05) is 6.42 Å². The third-order valence-corrected chi connectivity index (χ3v) is 3.47. The Morgan fingerprint density at radius 2 is 1.73 bits per heavy atom. The van der Waals surface area contributed by atoms with Crippen LogP contribution < -0.4 is 4.72 Å². The van der Waals surface area contributed by atoms with Crippen LogP contribution in [0.3, 0.4) is 0 Å². The third-order valence-electron chi connectivity index (χ3n) is 1.91. The second kappa shape index (κ2) is 3.51. The number of rotatable bonds is 2. The Kier molecular flexibility index (Phi) is 2.86. The van der Waals surface area contributed by atoms with Crippen LogP contribution in [-0.4, -0.2) is 32.9 Å². The molecule has 66 valence electrons. The van der Waals surface area contributed by atoms with Gasteiger partial charge in [0.05, 0.1) is 0 Å². The number of nitrogens with one attached hydrogen (secondary N) is 1. The van der Waals surface area contributed by atoms with E-state index in [4.69, 9.17) is 0 Å². The second-order valence-corrected chi connectivity index (χ2v) is 4.54. The first-order valence-corrected chi connectivity index (χ1v) is 5.29. The van der Waals surface area contributed by atoms with E-state index in [-0.39, 0.29) is 0 Å². The van der Waals surface area contributed by atoms with Crippen LogP contribution in [0.5, 0.6) is 0 Å². The fourth-order valence-electron chi connectivity index (χ4n) is 1.23. The van der Waals surface area contributed by atoms with E-state index >= 15 is 0 Å². The molecule has 1 aliphatic rings. The minimum Gasteiger partial charge on any atom is -0.205 e. The van der Waals surface area contributed by atoms with Crippen LogP contribution in [0.4, 0.5) is 0 Å². The summed E-state index contributed by atoms with van der Waals surface area (Å²) in [5, 5.41) is 0. The van der Waals surface area contributed by atoms with Crippen LogP contribution in [0.25, 0.3) is 0 Å². The summed E-state index contributed by atoms with van der Waals surface area (Å²) in [5.74, 6) is 0. The largest absolute Gasteiger partial charge is 0.279 e. The standard InChI is InChI=1S/C6H14N2O2S/c1-7-11(9,10)8-5-3-2-4-6-8/h7H,2-6H2,1H3. The number of nitrogens with zero attached hydrogens (tertiary/aromatic N) is 1. The second-order valence-electron chi connectivity index (χ2n) is 2.67. The highest BCUT2D eigenvalue weighted by atomic mass is 32.2. The van der Waals surface area contributed by atoms with Gasteiger partial charge < -0.3 is 0 Å². The Morgan fingerprint density at radius 1 is 1.18 bits per heavy atom. The summed E-state index contributed by atoms with van der Waals surface area (Å²) in [6.07, 6.45) is 3.12. The molecule has 11 heavy (non-hydrogen) atoms. The van der Waals surface area contributed by atoms with Gasteiger partial charge in [-0.15, -0.1) is 0 Å². The minimum absolute atomic E-state index is 0.670. The van der Waals surface area contributed by atoms with Crippen LogP contribution in [0.15, 0.2) is 0 Å². The lowest BCUT2D eigenvalue weighted by molar-refractivity contribution is 0.343. The summed E-state index contributed by atoms with van der Waals surface area (Å²) >= 11 is 0. The summed E-state index contributed by atoms with van der Waals surface area (Å²) in [5.41, 5.74) is 0. The molecule has 0 aromatic carbocycles. The lowest BCUT2D eigenvalue weighted by Crippen LogP contribution is -2.41. The van der Waals surface area contributed by atoms with Crippen molar-refractivity contribution in [1.29, 1.82) is 0 Å². The molecular formula is C6H14N2O2S. The molecule has 0 aromatic rings. The fourth-order valence-corrected chi connectivity index (χ4v) is 2.23. The molecule has 1 aliphatic heterocycles. The van der Waals surface area contributed by atoms with Gasteiger partial charge in [0.25, 0.3) is 10.2 Å². The van der Waals surface area contributed by atoms with Gasteiger partial charge in [0.1, 0.15) is 0 Å². The SMILES string of the molecule is CNS(=O)(=O)N1CCCCC1. The third kappa shape index (κ3) is 2.15. The molecule has 1 N–H and O–H groups in total. The first-order chi connectivity index (χ1) is 5.17. The molecule has 0 aromatic heterocycles. The number of hydrogen-bond donors (Lipinski definition) is 1. The Labute approximate surface area is 67.8 Å². The van der Waals surface area contributed by atoms with Crippen molar-refractivity contribution in [2.75, 3.05) is 20.1 Å². The predicted octanol–water partition coefficient (Wildman–Crippen LogP) is -0.0635. The van der Waals surface area contributed by atoms with E-state index in [2.05, 4.69) is 4.72 Å². The molecule has 0 spiro atoms. The normalized spacial score (nSPS) is 21.9. The molecule has 0 unspecified atom stereocenters. The topological polar surface area (TPSA) is 49.4 Å². The maximum absolute atomic E-state index is 11.2. The summed E-state index contributed by atoms with van der Waals surface area (Å²) in [7, 11) is -1.69. The Hall–Kier alpha value is -0.130. The summed E-state index contributed by atoms with van der Waals surface area (Å²) in [6.45, 7) is 1.34. The van der Waals surface area contributed by atoms with E-state index < -0.39 is 10.2 Å². The van der Waals surface area contributed by atoms with Crippen molar-refractivity contribution in [1.82, 2.24) is 9.03 Å². The number of hydrogen-bond acceptors (Lipinski definition) is 2. The first-order valence-electron chi connectivity index (χ1n) is 3.85. The molecule has 0 aliphatic carbocycles. The van der Waals surface area contributed by atoms with Crippen molar-refractivity contribution in [3.8, 4) is 0 Å². The molecule has 1 saturated heterocycles. The van der Waals surface area contributed by atoms with Crippen molar-refractivity contribution in [2.45, 2.75) is 19.3 Å². The summed E-state index contributed by atoms with van der Waals surface area (Å²) in [4.78, 5) is 0. The zero-order valence-electron chi connectivity index (χ0n) is 6.71. The van der Waals surface area contributed by atoms with Crippen molar-refractivity contribution in [2.24, 2.45) is 0 Å². The molecule has 5 heteroatoms. The van der Waals surface area contributed by atoms with Crippen molar-refractivity contribution in [3.05, 3.63) is 0 Å². The molecule has 0 amide bonds. The van der Waals surface area contributed by atoms with Gasteiger partial charge in [-0.3, -0.25) is 0 Å². The summed E-state index contributed by atoms with van der Waals surface area (Å²) in [6, 6.07) is 0. The van der Waals surface area contributed by atoms with Crippen LogP contribution in [0.1, 0.15) is 19.3 Å². The lowest BCUT2D eigenvalue weighted by atomic mass is 10.2. The smallest absolute Gasteiger partial charge is 0.205 e. The summed E-state index contributed by atoms with van der Waals surface area (Å²) < 4.78 is 26.1. The van der Waals surface area contributed by atoms with Crippen LogP contribution in [0, 0.1) is 0 Å². The zero-order valence-corrected chi connectivity index (χ0v) is 7.52. The van der Waals surface area contributed by atoms with Crippen molar-refractivity contribution in [3.63, 3.8) is 0 Å². The van der Waals surface area contributed by atoms with Gasteiger partial charge in [0.2, 0.25) is 0 Å². The van der Waals surface area contributed by atoms with Crippen molar-refractivity contribution < 1.29 is 8.42 Å². The molecule has 0 bridgehead atoms. The van der Waals surface area contributed by atoms with Crippen molar-refractivity contribution >= 4 is 10.2 Å². The average molecular weight is 178 g/mol. The van der Waals surface area contributed by atoms with Gasteiger partial charge in [-0.05, 0) is 12.8 Å². The van der Waals surface area contributed by atoms with Gasteiger partial charge in [0, 0.05) is 20.1 Å². The highest BCUT2D eigenvalue weighted by Crippen LogP contribution is 2.10. The Morgan fingerprint density at radius 3 is 2.18 bits per heavy atom. The van der Waals surface area contributed by atoms with Gasteiger partial charge >= 0.3 is 0 Å². The first kappa shape index (κ1) is 8.96. The van der Waals surface area contributed by atoms with Gasteiger partial charge in [-0.2, -0.15) is 12.7 Å². The highest BCUT2D eigenvalue weighted by molar-refractivity contribution is 7.87. The van der Waals surface area contributed by atoms with Gasteiger partial charge in [0.15, 0.2) is 0 Å². The van der Waals surface area contributed by atoms with E-state index in [1.54, 1.807) is 0 Å². The molecule has 1 rings (SSSR count). The average Bonchev–Trinajstić information content (AvgIpc) is 2.06. The van der Waals surface area contributed by atoms with Gasteiger partial charge in [-0.25, -0.2) is 4.72 Å². The van der Waals surface area contributed by atoms with Crippen LogP contribution >= 0.6 is 0 Å². The highest BCUT2D eigenvalue weighted by Gasteiger charge is 2.21. The quantitative estimate of drug-likeness (QED) is 0.644. The molecular weight excluding hydrogens is 164 g/mol. The Bertz CT molecular complexity index is 207. The zero-order chi connectivity index (χ0) is 8.32. The molecule has 0 atom stereocenters. The molecule has 0 saturated carbocycles. The molecule has 0 radical (unpaired) electrons. The van der Waals surface area contributed by atoms with E-state index in [9.17, 15) is 8.42 Å². The molecule has 1 fully saturated rings. The van der Waals surface area contributed by atoms with Crippen LogP contribution in [-0.2, 0) is 10.2 Å². The fraction of sp³-hybridized carbons (Fsp3) is 1.00.